The van der Waals surface area contributed by atoms with Gasteiger partial charge in [-0.15, -0.1) is 0 Å². The largest absolute Gasteiger partial charge is 0.367 e. The highest BCUT2D eigenvalue weighted by atomic mass is 35.5. The molecule has 1 heterocycles. The van der Waals surface area contributed by atoms with Crippen LogP contribution in [-0.4, -0.2) is 48.0 Å². The van der Waals surface area contributed by atoms with Crippen LogP contribution < -0.4 is 15.5 Å². The molecule has 3 aromatic rings. The molecule has 0 aromatic heterocycles. The van der Waals surface area contributed by atoms with Gasteiger partial charge >= 0.3 is 0 Å². The number of hydrogen-bond donors (Lipinski definition) is 2. The molecule has 0 spiro atoms. The summed E-state index contributed by atoms with van der Waals surface area (Å²) in [5.41, 5.74) is 4.93. The summed E-state index contributed by atoms with van der Waals surface area (Å²) in [5, 5.41) is 6.47. The Kier molecular flexibility index (Phi) is 7.68. The van der Waals surface area contributed by atoms with Crippen LogP contribution in [0.15, 0.2) is 66.7 Å². The number of aryl methyl sites for hydroxylation is 2. The minimum Gasteiger partial charge on any atom is -0.367 e. The van der Waals surface area contributed by atoms with Gasteiger partial charge in [0.2, 0.25) is 0 Å². The predicted molar refractivity (Wildman–Crippen MR) is 146 cm³/mol. The molecular formula is C27H27ClN4O2S. The Bertz CT molecular complexity index is 1250. The number of carbonyl (C=O) groups excluding carboxylic acids is 2. The van der Waals surface area contributed by atoms with Crippen molar-refractivity contribution >= 4 is 52.1 Å². The summed E-state index contributed by atoms with van der Waals surface area (Å²) >= 11 is 11.9. The van der Waals surface area contributed by atoms with Crippen LogP contribution in [0.3, 0.4) is 0 Å². The second-order valence-electron chi connectivity index (χ2n) is 8.53. The SMILES string of the molecule is Cc1ccc(C(=O)NC(=S)Nc2ccc(N3CCN(C(=O)c4ccccc4C)CC3)c(Cl)c2)cc1. The molecule has 8 heteroatoms. The van der Waals surface area contributed by atoms with Gasteiger partial charge in [-0.05, 0) is 68.0 Å². The zero-order valence-electron chi connectivity index (χ0n) is 19.7. The van der Waals surface area contributed by atoms with Gasteiger partial charge in [0, 0.05) is 43.0 Å². The van der Waals surface area contributed by atoms with Gasteiger partial charge in [-0.3, -0.25) is 14.9 Å². The topological polar surface area (TPSA) is 64.7 Å². The Balaban J connectivity index is 1.33. The molecule has 3 aromatic carbocycles. The van der Waals surface area contributed by atoms with E-state index in [1.54, 1.807) is 18.2 Å². The highest BCUT2D eigenvalue weighted by Gasteiger charge is 2.24. The van der Waals surface area contributed by atoms with Crippen LogP contribution in [0.25, 0.3) is 0 Å². The Morgan fingerprint density at radius 1 is 0.914 bits per heavy atom. The lowest BCUT2D eigenvalue weighted by Crippen LogP contribution is -2.49. The van der Waals surface area contributed by atoms with E-state index in [1.165, 1.54) is 0 Å². The van der Waals surface area contributed by atoms with E-state index < -0.39 is 0 Å². The van der Waals surface area contributed by atoms with Gasteiger partial charge in [0.05, 0.1) is 10.7 Å². The molecule has 0 unspecified atom stereocenters. The fraction of sp³-hybridized carbons (Fsp3) is 0.222. The Labute approximate surface area is 215 Å². The van der Waals surface area contributed by atoms with Crippen LogP contribution in [0.2, 0.25) is 5.02 Å². The van der Waals surface area contributed by atoms with E-state index in [0.29, 0.717) is 42.5 Å². The molecule has 6 nitrogen and oxygen atoms in total. The normalized spacial score (nSPS) is 13.3. The molecular weight excluding hydrogens is 480 g/mol. The molecule has 2 N–H and O–H groups in total. The molecule has 1 fully saturated rings. The molecule has 0 bridgehead atoms. The quantitative estimate of drug-likeness (QED) is 0.485. The van der Waals surface area contributed by atoms with Crippen LogP contribution in [-0.2, 0) is 0 Å². The zero-order chi connectivity index (χ0) is 24.9. The van der Waals surface area contributed by atoms with E-state index >= 15 is 0 Å². The number of hydrogen-bond acceptors (Lipinski definition) is 4. The summed E-state index contributed by atoms with van der Waals surface area (Å²) < 4.78 is 0. The van der Waals surface area contributed by atoms with Crippen LogP contribution in [0, 0.1) is 13.8 Å². The number of amides is 2. The summed E-state index contributed by atoms with van der Waals surface area (Å²) in [6, 6.07) is 20.5. The number of nitrogens with zero attached hydrogens (tertiary/aromatic N) is 2. The Morgan fingerprint density at radius 3 is 2.26 bits per heavy atom. The molecule has 1 aliphatic heterocycles. The lowest BCUT2D eigenvalue weighted by atomic mass is 10.1. The van der Waals surface area contributed by atoms with Crippen molar-refractivity contribution in [1.82, 2.24) is 10.2 Å². The van der Waals surface area contributed by atoms with E-state index in [-0.39, 0.29) is 16.9 Å². The second-order valence-corrected chi connectivity index (χ2v) is 9.35. The lowest BCUT2D eigenvalue weighted by Gasteiger charge is -2.36. The van der Waals surface area contributed by atoms with Gasteiger partial charge in [0.25, 0.3) is 11.8 Å². The summed E-state index contributed by atoms with van der Waals surface area (Å²) in [4.78, 5) is 29.3. The molecule has 0 radical (unpaired) electrons. The zero-order valence-corrected chi connectivity index (χ0v) is 21.2. The fourth-order valence-electron chi connectivity index (χ4n) is 4.02. The monoisotopic (exact) mass is 506 g/mol. The van der Waals surface area contributed by atoms with Crippen molar-refractivity contribution in [2.45, 2.75) is 13.8 Å². The molecule has 180 valence electrons. The number of anilines is 2. The van der Waals surface area contributed by atoms with Crippen molar-refractivity contribution in [2.75, 3.05) is 36.4 Å². The van der Waals surface area contributed by atoms with Gasteiger partial charge < -0.3 is 15.1 Å². The average Bonchev–Trinajstić information content (AvgIpc) is 2.84. The average molecular weight is 507 g/mol. The van der Waals surface area contributed by atoms with Crippen molar-refractivity contribution in [3.05, 3.63) is 94.0 Å². The highest BCUT2D eigenvalue weighted by Crippen LogP contribution is 2.30. The van der Waals surface area contributed by atoms with Crippen molar-refractivity contribution in [3.8, 4) is 0 Å². The van der Waals surface area contributed by atoms with Gasteiger partial charge in [-0.1, -0.05) is 47.5 Å². The number of benzene rings is 3. The standard InChI is InChI=1S/C27H27ClN4O2S/c1-18-7-9-20(10-8-18)25(33)30-27(35)29-21-11-12-24(23(28)17-21)31-13-15-32(16-14-31)26(34)22-6-4-3-5-19(22)2/h3-12,17H,13-16H2,1-2H3,(H2,29,30,33,35). The molecule has 4 rings (SSSR count). The van der Waals surface area contributed by atoms with Crippen LogP contribution in [0.4, 0.5) is 11.4 Å². The summed E-state index contributed by atoms with van der Waals surface area (Å²) in [6.45, 7) is 6.55. The number of carbonyl (C=O) groups is 2. The maximum atomic E-state index is 12.9. The molecule has 0 aliphatic carbocycles. The molecule has 1 aliphatic rings. The number of piperazine rings is 1. The fourth-order valence-corrected chi connectivity index (χ4v) is 4.53. The van der Waals surface area contributed by atoms with Crippen molar-refractivity contribution < 1.29 is 9.59 Å². The van der Waals surface area contributed by atoms with Gasteiger partial charge in [-0.2, -0.15) is 0 Å². The Morgan fingerprint density at radius 2 is 1.60 bits per heavy atom. The molecule has 0 atom stereocenters. The van der Waals surface area contributed by atoms with Crippen LogP contribution in [0.1, 0.15) is 31.8 Å². The third kappa shape index (κ3) is 5.99. The maximum absolute atomic E-state index is 12.9. The minimum atomic E-state index is -0.275. The number of rotatable bonds is 4. The highest BCUT2D eigenvalue weighted by molar-refractivity contribution is 7.80. The molecule has 2 amide bonds. The first-order chi connectivity index (χ1) is 16.8. The second kappa shape index (κ2) is 10.9. The van der Waals surface area contributed by atoms with Crippen molar-refractivity contribution in [2.24, 2.45) is 0 Å². The van der Waals surface area contributed by atoms with Crippen molar-refractivity contribution in [3.63, 3.8) is 0 Å². The lowest BCUT2D eigenvalue weighted by molar-refractivity contribution is 0.0746. The van der Waals surface area contributed by atoms with E-state index in [0.717, 1.165) is 22.4 Å². The van der Waals surface area contributed by atoms with Gasteiger partial charge in [0.15, 0.2) is 5.11 Å². The number of halogens is 1. The van der Waals surface area contributed by atoms with E-state index in [2.05, 4.69) is 15.5 Å². The minimum absolute atomic E-state index is 0.0644. The maximum Gasteiger partial charge on any atom is 0.257 e. The summed E-state index contributed by atoms with van der Waals surface area (Å²) in [5.74, 6) is -0.210. The Hall–Kier alpha value is -3.42. The van der Waals surface area contributed by atoms with Crippen LogP contribution >= 0.6 is 23.8 Å². The summed E-state index contributed by atoms with van der Waals surface area (Å²) in [6.07, 6.45) is 0. The molecule has 0 saturated carbocycles. The van der Waals surface area contributed by atoms with E-state index in [1.807, 2.05) is 67.3 Å². The number of nitrogens with one attached hydrogen (secondary N) is 2. The van der Waals surface area contributed by atoms with E-state index in [4.69, 9.17) is 23.8 Å². The third-order valence-corrected chi connectivity index (χ3v) is 6.54. The third-order valence-electron chi connectivity index (χ3n) is 6.03. The van der Waals surface area contributed by atoms with Crippen molar-refractivity contribution in [1.29, 1.82) is 0 Å². The number of thiocarbonyl (C=S) groups is 1. The molecule has 35 heavy (non-hydrogen) atoms. The first-order valence-electron chi connectivity index (χ1n) is 11.4. The van der Waals surface area contributed by atoms with Crippen LogP contribution in [0.5, 0.6) is 0 Å². The van der Waals surface area contributed by atoms with E-state index in [9.17, 15) is 9.59 Å². The smallest absolute Gasteiger partial charge is 0.257 e. The predicted octanol–water partition coefficient (Wildman–Crippen LogP) is 5.05. The first kappa shape index (κ1) is 24.7. The summed E-state index contributed by atoms with van der Waals surface area (Å²) in [7, 11) is 0. The first-order valence-corrected chi connectivity index (χ1v) is 12.2. The molecule has 1 saturated heterocycles. The van der Waals surface area contributed by atoms with Gasteiger partial charge in [0.1, 0.15) is 0 Å². The van der Waals surface area contributed by atoms with Gasteiger partial charge in [-0.25, -0.2) is 0 Å².